The average molecular weight is 291 g/mol. The topological polar surface area (TPSA) is 57.6 Å². The molecular formula is C17H25NO3. The first-order valence-electron chi connectivity index (χ1n) is 7.48. The number of benzene rings is 1. The van der Waals surface area contributed by atoms with Crippen molar-refractivity contribution in [1.29, 1.82) is 0 Å². The quantitative estimate of drug-likeness (QED) is 0.839. The number of likely N-dealkylation sites (N-methyl/N-ethyl adjacent to an activating group) is 1. The van der Waals surface area contributed by atoms with Crippen LogP contribution in [0.3, 0.4) is 0 Å². The van der Waals surface area contributed by atoms with Crippen molar-refractivity contribution < 1.29 is 14.7 Å². The van der Waals surface area contributed by atoms with Gasteiger partial charge in [-0.25, -0.2) is 4.79 Å². The van der Waals surface area contributed by atoms with Crippen molar-refractivity contribution in [2.75, 3.05) is 7.05 Å². The zero-order valence-electron chi connectivity index (χ0n) is 13.2. The van der Waals surface area contributed by atoms with Crippen LogP contribution in [0, 0.1) is 5.92 Å². The van der Waals surface area contributed by atoms with Crippen molar-refractivity contribution in [2.24, 2.45) is 5.92 Å². The molecule has 0 saturated carbocycles. The van der Waals surface area contributed by atoms with E-state index in [4.69, 9.17) is 0 Å². The van der Waals surface area contributed by atoms with Crippen molar-refractivity contribution in [2.45, 2.75) is 45.6 Å². The Bertz CT molecular complexity index is 472. The lowest BCUT2D eigenvalue weighted by molar-refractivity contribution is -0.150. The van der Waals surface area contributed by atoms with Gasteiger partial charge < -0.3 is 10.0 Å². The fourth-order valence-corrected chi connectivity index (χ4v) is 2.60. The first kappa shape index (κ1) is 17.2. The summed E-state index contributed by atoms with van der Waals surface area (Å²) >= 11 is 0. The number of aliphatic carboxylic acids is 1. The molecule has 0 radical (unpaired) electrons. The van der Waals surface area contributed by atoms with Crippen LogP contribution in [0.5, 0.6) is 0 Å². The summed E-state index contributed by atoms with van der Waals surface area (Å²) in [6.07, 6.45) is 1.27. The molecule has 0 aliphatic carbocycles. The Hall–Kier alpha value is -1.84. The summed E-state index contributed by atoms with van der Waals surface area (Å²) in [7, 11) is 1.59. The summed E-state index contributed by atoms with van der Waals surface area (Å²) in [5, 5.41) is 9.25. The smallest absolute Gasteiger partial charge is 0.326 e. The number of hydrogen-bond donors (Lipinski definition) is 1. The molecule has 1 aromatic carbocycles. The van der Waals surface area contributed by atoms with Crippen LogP contribution in [0.1, 0.15) is 45.1 Å². The lowest BCUT2D eigenvalue weighted by Gasteiger charge is -2.31. The molecule has 1 aromatic rings. The minimum atomic E-state index is -0.954. The maximum atomic E-state index is 12.8. The van der Waals surface area contributed by atoms with E-state index in [0.717, 1.165) is 12.0 Å². The van der Waals surface area contributed by atoms with E-state index in [9.17, 15) is 14.7 Å². The van der Waals surface area contributed by atoms with Crippen molar-refractivity contribution in [3.8, 4) is 0 Å². The van der Waals surface area contributed by atoms with Crippen LogP contribution in [0.2, 0.25) is 0 Å². The van der Waals surface area contributed by atoms with Gasteiger partial charge in [0.15, 0.2) is 0 Å². The normalized spacial score (nSPS) is 15.0. The molecule has 0 saturated heterocycles. The SMILES string of the molecule is CCC(C)C(C(=O)N(C)C(CC)C(=O)O)c1ccccc1. The van der Waals surface area contributed by atoms with Gasteiger partial charge in [0.2, 0.25) is 5.91 Å². The number of hydrogen-bond acceptors (Lipinski definition) is 2. The van der Waals surface area contributed by atoms with E-state index < -0.39 is 12.0 Å². The zero-order valence-corrected chi connectivity index (χ0v) is 13.2. The van der Waals surface area contributed by atoms with Gasteiger partial charge in [0.25, 0.3) is 0 Å². The standard InChI is InChI=1S/C17H25NO3/c1-5-12(3)15(13-10-8-7-9-11-13)16(19)18(4)14(6-2)17(20)21/h7-12,14-15H,5-6H2,1-4H3,(H,20,21). The molecule has 4 heteroatoms. The molecule has 0 spiro atoms. The van der Waals surface area contributed by atoms with Crippen LogP contribution in [-0.4, -0.2) is 35.0 Å². The van der Waals surface area contributed by atoms with E-state index in [1.807, 2.05) is 44.2 Å². The van der Waals surface area contributed by atoms with Crippen LogP contribution < -0.4 is 0 Å². The highest BCUT2D eigenvalue weighted by molar-refractivity contribution is 5.88. The van der Waals surface area contributed by atoms with E-state index in [0.29, 0.717) is 6.42 Å². The van der Waals surface area contributed by atoms with Crippen molar-refractivity contribution >= 4 is 11.9 Å². The van der Waals surface area contributed by atoms with Gasteiger partial charge in [-0.3, -0.25) is 4.79 Å². The van der Waals surface area contributed by atoms with E-state index in [1.54, 1.807) is 14.0 Å². The van der Waals surface area contributed by atoms with Crippen LogP contribution in [0.25, 0.3) is 0 Å². The molecule has 3 unspecified atom stereocenters. The summed E-state index contributed by atoms with van der Waals surface area (Å²) in [5.41, 5.74) is 0.948. The first-order valence-corrected chi connectivity index (χ1v) is 7.48. The fourth-order valence-electron chi connectivity index (χ4n) is 2.60. The number of rotatable bonds is 7. The third-order valence-electron chi connectivity index (χ3n) is 4.12. The van der Waals surface area contributed by atoms with Gasteiger partial charge in [0.1, 0.15) is 6.04 Å². The minimum absolute atomic E-state index is 0.121. The summed E-state index contributed by atoms with van der Waals surface area (Å²) < 4.78 is 0. The van der Waals surface area contributed by atoms with Gasteiger partial charge >= 0.3 is 5.97 Å². The third kappa shape index (κ3) is 4.06. The number of carboxylic acid groups (broad SMARTS) is 1. The van der Waals surface area contributed by atoms with Crippen LogP contribution in [-0.2, 0) is 9.59 Å². The Balaban J connectivity index is 3.09. The lowest BCUT2D eigenvalue weighted by Crippen LogP contribution is -2.45. The number of carbonyl (C=O) groups excluding carboxylic acids is 1. The second-order valence-electron chi connectivity index (χ2n) is 5.49. The van der Waals surface area contributed by atoms with E-state index >= 15 is 0 Å². The fraction of sp³-hybridized carbons (Fsp3) is 0.529. The number of amides is 1. The van der Waals surface area contributed by atoms with Gasteiger partial charge in [0, 0.05) is 7.05 Å². The molecule has 1 N–H and O–H groups in total. The highest BCUT2D eigenvalue weighted by Crippen LogP contribution is 2.29. The maximum Gasteiger partial charge on any atom is 0.326 e. The van der Waals surface area contributed by atoms with Crippen LogP contribution >= 0.6 is 0 Å². The van der Waals surface area contributed by atoms with Gasteiger partial charge in [0.05, 0.1) is 5.92 Å². The van der Waals surface area contributed by atoms with Crippen molar-refractivity contribution in [3.63, 3.8) is 0 Å². The van der Waals surface area contributed by atoms with Crippen LogP contribution in [0.4, 0.5) is 0 Å². The predicted octanol–water partition coefficient (Wildman–Crippen LogP) is 3.14. The Kier molecular flexibility index (Phi) is 6.40. The van der Waals surface area contributed by atoms with E-state index in [1.165, 1.54) is 4.90 Å². The van der Waals surface area contributed by atoms with Crippen molar-refractivity contribution in [3.05, 3.63) is 35.9 Å². The third-order valence-corrected chi connectivity index (χ3v) is 4.12. The van der Waals surface area contributed by atoms with Crippen LogP contribution in [0.15, 0.2) is 30.3 Å². The monoisotopic (exact) mass is 291 g/mol. The summed E-state index contributed by atoms with van der Waals surface area (Å²) in [6.45, 7) is 5.86. The molecule has 0 aliphatic rings. The van der Waals surface area contributed by atoms with Gasteiger partial charge in [-0.2, -0.15) is 0 Å². The Morgan fingerprint density at radius 1 is 1.14 bits per heavy atom. The molecule has 3 atom stereocenters. The van der Waals surface area contributed by atoms with E-state index in [2.05, 4.69) is 0 Å². The average Bonchev–Trinajstić information content (AvgIpc) is 2.48. The summed E-state index contributed by atoms with van der Waals surface area (Å²) in [6, 6.07) is 8.83. The molecule has 21 heavy (non-hydrogen) atoms. The van der Waals surface area contributed by atoms with E-state index in [-0.39, 0.29) is 17.7 Å². The zero-order chi connectivity index (χ0) is 16.0. The molecule has 1 amide bonds. The number of nitrogens with zero attached hydrogens (tertiary/aromatic N) is 1. The second kappa shape index (κ2) is 7.81. The number of carbonyl (C=O) groups is 2. The molecule has 4 nitrogen and oxygen atoms in total. The molecule has 0 bridgehead atoms. The first-order chi connectivity index (χ1) is 9.93. The maximum absolute atomic E-state index is 12.8. The molecule has 0 aromatic heterocycles. The predicted molar refractivity (Wildman–Crippen MR) is 83.1 cm³/mol. The Morgan fingerprint density at radius 3 is 2.14 bits per heavy atom. The minimum Gasteiger partial charge on any atom is -0.480 e. The summed E-state index contributed by atoms with van der Waals surface area (Å²) in [4.78, 5) is 25.5. The highest BCUT2D eigenvalue weighted by atomic mass is 16.4. The molecular weight excluding hydrogens is 266 g/mol. The molecule has 0 aliphatic heterocycles. The second-order valence-corrected chi connectivity index (χ2v) is 5.49. The van der Waals surface area contributed by atoms with Gasteiger partial charge in [-0.05, 0) is 17.9 Å². The molecule has 0 heterocycles. The largest absolute Gasteiger partial charge is 0.480 e. The molecule has 0 fully saturated rings. The lowest BCUT2D eigenvalue weighted by atomic mass is 9.84. The van der Waals surface area contributed by atoms with Gasteiger partial charge in [-0.1, -0.05) is 57.5 Å². The van der Waals surface area contributed by atoms with Gasteiger partial charge in [-0.15, -0.1) is 0 Å². The highest BCUT2D eigenvalue weighted by Gasteiger charge is 2.33. The Morgan fingerprint density at radius 2 is 1.71 bits per heavy atom. The summed E-state index contributed by atoms with van der Waals surface area (Å²) in [5.74, 6) is -1.21. The number of carboxylic acids is 1. The van der Waals surface area contributed by atoms with Crippen molar-refractivity contribution in [1.82, 2.24) is 4.90 Å². The molecule has 1 rings (SSSR count). The molecule has 116 valence electrons. The Labute approximate surface area is 126 Å².